The summed E-state index contributed by atoms with van der Waals surface area (Å²) in [5.41, 5.74) is 6.53. The van der Waals surface area contributed by atoms with Gasteiger partial charge >= 0.3 is 6.36 Å². The summed E-state index contributed by atoms with van der Waals surface area (Å²) in [6.45, 7) is 0.323. The molecule has 0 aliphatic rings. The summed E-state index contributed by atoms with van der Waals surface area (Å²) in [6, 6.07) is 9.70. The van der Waals surface area contributed by atoms with Gasteiger partial charge in [0, 0.05) is 5.56 Å². The van der Waals surface area contributed by atoms with Crippen molar-refractivity contribution in [1.29, 1.82) is 0 Å². The number of benzene rings is 2. The van der Waals surface area contributed by atoms with Crippen molar-refractivity contribution in [1.82, 2.24) is 0 Å². The van der Waals surface area contributed by atoms with Crippen LogP contribution >= 0.6 is 0 Å². The Bertz CT molecular complexity index is 625. The second-order valence-electron chi connectivity index (χ2n) is 4.43. The van der Waals surface area contributed by atoms with E-state index < -0.39 is 12.2 Å². The summed E-state index contributed by atoms with van der Waals surface area (Å²) in [4.78, 5) is 0. The van der Waals surface area contributed by atoms with Gasteiger partial charge in [0.1, 0.15) is 11.6 Å². The van der Waals surface area contributed by atoms with E-state index in [0.29, 0.717) is 24.1 Å². The van der Waals surface area contributed by atoms with Gasteiger partial charge in [-0.25, -0.2) is 4.39 Å². The molecule has 0 atom stereocenters. The van der Waals surface area contributed by atoms with E-state index in [1.54, 1.807) is 12.1 Å². The first kappa shape index (κ1) is 15.3. The first-order valence-corrected chi connectivity index (χ1v) is 6.24. The lowest BCUT2D eigenvalue weighted by atomic mass is 10.0. The highest BCUT2D eigenvalue weighted by Crippen LogP contribution is 2.34. The summed E-state index contributed by atoms with van der Waals surface area (Å²) in [5.74, 6) is -0.896. The van der Waals surface area contributed by atoms with E-state index in [9.17, 15) is 17.6 Å². The van der Waals surface area contributed by atoms with Gasteiger partial charge in [0.2, 0.25) is 0 Å². The molecule has 21 heavy (non-hydrogen) atoms. The zero-order chi connectivity index (χ0) is 15.5. The molecule has 0 aliphatic carbocycles. The minimum absolute atomic E-state index is 0.174. The number of alkyl halides is 3. The van der Waals surface area contributed by atoms with Crippen LogP contribution in [0.4, 0.5) is 17.6 Å². The molecule has 0 spiro atoms. The van der Waals surface area contributed by atoms with E-state index in [1.165, 1.54) is 30.3 Å². The topological polar surface area (TPSA) is 35.2 Å². The zero-order valence-corrected chi connectivity index (χ0v) is 11.0. The molecule has 0 saturated heterocycles. The molecule has 6 heteroatoms. The number of nitrogens with two attached hydrogens (primary N) is 1. The molecule has 0 aromatic heterocycles. The number of para-hydroxylation sites is 1. The molecule has 0 radical (unpaired) electrons. The Morgan fingerprint density at radius 3 is 2.43 bits per heavy atom. The van der Waals surface area contributed by atoms with E-state index in [4.69, 9.17) is 5.73 Å². The summed E-state index contributed by atoms with van der Waals surface area (Å²) in [5, 5.41) is 0. The molecule has 0 aliphatic heterocycles. The van der Waals surface area contributed by atoms with Crippen LogP contribution in [0, 0.1) is 5.82 Å². The Labute approximate surface area is 119 Å². The third-order valence-corrected chi connectivity index (χ3v) is 2.81. The number of rotatable bonds is 4. The molecular weight excluding hydrogens is 286 g/mol. The first-order valence-electron chi connectivity index (χ1n) is 6.24. The lowest BCUT2D eigenvalue weighted by Gasteiger charge is -2.14. The molecule has 2 aromatic rings. The predicted octanol–water partition coefficient (Wildman–Crippen LogP) is 3.89. The van der Waals surface area contributed by atoms with Gasteiger partial charge in [0.15, 0.2) is 0 Å². The quantitative estimate of drug-likeness (QED) is 0.869. The van der Waals surface area contributed by atoms with Crippen LogP contribution in [0.5, 0.6) is 5.75 Å². The number of ether oxygens (including phenoxy) is 1. The maximum absolute atomic E-state index is 13.6. The molecule has 0 heterocycles. The van der Waals surface area contributed by atoms with Gasteiger partial charge in [0.05, 0.1) is 0 Å². The lowest BCUT2D eigenvalue weighted by Crippen LogP contribution is -2.17. The molecule has 0 amide bonds. The summed E-state index contributed by atoms with van der Waals surface area (Å²) in [7, 11) is 0. The van der Waals surface area contributed by atoms with Crippen LogP contribution in [0.3, 0.4) is 0 Å². The fourth-order valence-electron chi connectivity index (χ4n) is 2.04. The van der Waals surface area contributed by atoms with Gasteiger partial charge in [-0.2, -0.15) is 0 Å². The normalized spacial score (nSPS) is 11.5. The van der Waals surface area contributed by atoms with E-state index >= 15 is 0 Å². The van der Waals surface area contributed by atoms with Crippen molar-refractivity contribution in [2.75, 3.05) is 6.54 Å². The highest BCUT2D eigenvalue weighted by atomic mass is 19.4. The summed E-state index contributed by atoms with van der Waals surface area (Å²) >= 11 is 0. The van der Waals surface area contributed by atoms with Crippen LogP contribution in [-0.4, -0.2) is 12.9 Å². The minimum atomic E-state index is -4.80. The number of halogens is 4. The molecule has 2 nitrogen and oxygen atoms in total. The fraction of sp³-hybridized carbons (Fsp3) is 0.200. The van der Waals surface area contributed by atoms with Crippen molar-refractivity contribution >= 4 is 0 Å². The fourth-order valence-corrected chi connectivity index (χ4v) is 2.04. The van der Waals surface area contributed by atoms with Crippen molar-refractivity contribution in [2.24, 2.45) is 5.73 Å². The maximum atomic E-state index is 13.6. The highest BCUT2D eigenvalue weighted by Gasteiger charge is 2.32. The Balaban J connectivity index is 2.46. The van der Waals surface area contributed by atoms with Gasteiger partial charge in [-0.15, -0.1) is 13.2 Å². The summed E-state index contributed by atoms with van der Waals surface area (Å²) in [6.07, 6.45) is -4.36. The van der Waals surface area contributed by atoms with Crippen LogP contribution in [0.2, 0.25) is 0 Å². The standard InChI is InChI=1S/C15H13F4NO/c16-12-8-10(5-6-20)7-11(9-12)13-3-1-2-4-14(13)21-15(17,18)19/h1-4,7-9H,5-6,20H2. The first-order chi connectivity index (χ1) is 9.89. The van der Waals surface area contributed by atoms with Crippen LogP contribution < -0.4 is 10.5 Å². The second kappa shape index (κ2) is 6.13. The average molecular weight is 299 g/mol. The molecule has 112 valence electrons. The van der Waals surface area contributed by atoms with E-state index in [1.807, 2.05) is 0 Å². The van der Waals surface area contributed by atoms with Crippen LogP contribution in [-0.2, 0) is 6.42 Å². The van der Waals surface area contributed by atoms with E-state index in [-0.39, 0.29) is 11.3 Å². The van der Waals surface area contributed by atoms with E-state index in [2.05, 4.69) is 4.74 Å². The van der Waals surface area contributed by atoms with Gasteiger partial charge < -0.3 is 10.5 Å². The largest absolute Gasteiger partial charge is 0.573 e. The highest BCUT2D eigenvalue weighted by molar-refractivity contribution is 5.71. The molecular formula is C15H13F4NO. The average Bonchev–Trinajstić information content (AvgIpc) is 2.37. The molecule has 0 bridgehead atoms. The Kier molecular flexibility index (Phi) is 4.47. The SMILES string of the molecule is NCCc1cc(F)cc(-c2ccccc2OC(F)(F)F)c1. The predicted molar refractivity (Wildman–Crippen MR) is 71.3 cm³/mol. The third-order valence-electron chi connectivity index (χ3n) is 2.81. The molecule has 0 fully saturated rings. The van der Waals surface area contributed by atoms with Crippen LogP contribution in [0.1, 0.15) is 5.56 Å². The Morgan fingerprint density at radius 2 is 1.76 bits per heavy atom. The van der Waals surface area contributed by atoms with Crippen molar-refractivity contribution in [3.05, 3.63) is 53.8 Å². The van der Waals surface area contributed by atoms with Gasteiger partial charge in [-0.3, -0.25) is 0 Å². The van der Waals surface area contributed by atoms with Crippen LogP contribution in [0.25, 0.3) is 11.1 Å². The minimum Gasteiger partial charge on any atom is -0.405 e. The van der Waals surface area contributed by atoms with E-state index in [0.717, 1.165) is 0 Å². The molecule has 0 unspecified atom stereocenters. The van der Waals surface area contributed by atoms with Crippen LogP contribution in [0.15, 0.2) is 42.5 Å². The second-order valence-corrected chi connectivity index (χ2v) is 4.43. The number of hydrogen-bond donors (Lipinski definition) is 1. The maximum Gasteiger partial charge on any atom is 0.573 e. The van der Waals surface area contributed by atoms with Crippen molar-refractivity contribution in [3.8, 4) is 16.9 Å². The third kappa shape index (κ3) is 4.19. The molecule has 0 saturated carbocycles. The van der Waals surface area contributed by atoms with Crippen molar-refractivity contribution in [2.45, 2.75) is 12.8 Å². The summed E-state index contributed by atoms with van der Waals surface area (Å²) < 4.78 is 54.8. The van der Waals surface area contributed by atoms with Gasteiger partial charge in [-0.05, 0) is 42.3 Å². The molecule has 2 aromatic carbocycles. The monoisotopic (exact) mass is 299 g/mol. The number of hydrogen-bond acceptors (Lipinski definition) is 2. The van der Waals surface area contributed by atoms with Crippen molar-refractivity contribution < 1.29 is 22.3 Å². The smallest absolute Gasteiger partial charge is 0.405 e. The molecule has 2 N–H and O–H groups in total. The zero-order valence-electron chi connectivity index (χ0n) is 11.0. The lowest BCUT2D eigenvalue weighted by molar-refractivity contribution is -0.274. The molecule has 2 rings (SSSR count). The Morgan fingerprint density at radius 1 is 1.05 bits per heavy atom. The van der Waals surface area contributed by atoms with Gasteiger partial charge in [0.25, 0.3) is 0 Å². The Hall–Kier alpha value is -2.08. The van der Waals surface area contributed by atoms with Crippen molar-refractivity contribution in [3.63, 3.8) is 0 Å². The van der Waals surface area contributed by atoms with Gasteiger partial charge in [-0.1, -0.05) is 24.3 Å².